The fourth-order valence-corrected chi connectivity index (χ4v) is 5.17. The zero-order chi connectivity index (χ0) is 40.1. The first-order valence-corrected chi connectivity index (χ1v) is 15.5. The Labute approximate surface area is 302 Å². The summed E-state index contributed by atoms with van der Waals surface area (Å²) in [5.41, 5.74) is 1.02. The molecule has 292 valence electrons. The molecule has 0 spiro atoms. The van der Waals surface area contributed by atoms with E-state index in [0.29, 0.717) is 0 Å². The lowest BCUT2D eigenvalue weighted by atomic mass is 9.98. The highest BCUT2D eigenvalue weighted by molar-refractivity contribution is 6.30. The van der Waals surface area contributed by atoms with Crippen molar-refractivity contribution in [1.82, 2.24) is 0 Å². The Bertz CT molecular complexity index is 1860. The zero-order valence-corrected chi connectivity index (χ0v) is 27.5. The number of aliphatic hydroxyl groups excluding tert-OH is 1. The van der Waals surface area contributed by atoms with Crippen LogP contribution >= 0.6 is 11.6 Å². The van der Waals surface area contributed by atoms with Crippen molar-refractivity contribution >= 4 is 23.1 Å². The first-order chi connectivity index (χ1) is 25.0. The summed E-state index contributed by atoms with van der Waals surface area (Å²) in [5, 5.41) is 9.86. The summed E-state index contributed by atoms with van der Waals surface area (Å²) in [6, 6.07) is 17.2. The number of alkyl halides is 13. The predicted octanol–water partition coefficient (Wildman–Crippen LogP) is 10.0. The van der Waals surface area contributed by atoms with Crippen molar-refractivity contribution in [2.45, 2.75) is 37.4 Å². The van der Waals surface area contributed by atoms with Crippen LogP contribution < -0.4 is 23.8 Å². The number of rotatable bonds is 9. The van der Waals surface area contributed by atoms with Gasteiger partial charge in [0.15, 0.2) is 17.6 Å². The maximum absolute atomic E-state index is 13.3. The second-order valence-corrected chi connectivity index (χ2v) is 11.3. The SMILES string of the molecule is O=C(CCl)c1ccc(OC(F)(F)F)cc1.OC(CN1c2cccc(-c3cccc(OC(F)(F)F)c3)c2OCC1c1ccc(OC(F)(F)F)cc1)C(F)(F)F. The van der Waals surface area contributed by atoms with Crippen molar-refractivity contribution < 1.29 is 81.5 Å². The Balaban J connectivity index is 0.000000363. The van der Waals surface area contributed by atoms with Gasteiger partial charge in [0.05, 0.1) is 24.2 Å². The van der Waals surface area contributed by atoms with Crippen molar-refractivity contribution in [3.63, 3.8) is 0 Å². The van der Waals surface area contributed by atoms with Gasteiger partial charge < -0.3 is 29.0 Å². The largest absolute Gasteiger partial charge is 0.573 e. The minimum absolute atomic E-state index is 0.0318. The molecule has 4 aromatic rings. The Hall–Kier alpha value is -5.04. The average molecular weight is 806 g/mol. The molecule has 2 unspecified atom stereocenters. The summed E-state index contributed by atoms with van der Waals surface area (Å²) >= 11 is 5.27. The second kappa shape index (κ2) is 16.5. The zero-order valence-electron chi connectivity index (χ0n) is 26.8. The van der Waals surface area contributed by atoms with Gasteiger partial charge in [0, 0.05) is 11.1 Å². The smallest absolute Gasteiger partial charge is 0.488 e. The molecule has 0 bridgehead atoms. The normalized spacial score (nSPS) is 15.2. The van der Waals surface area contributed by atoms with E-state index in [1.807, 2.05) is 0 Å². The van der Waals surface area contributed by atoms with Gasteiger partial charge in [-0.15, -0.1) is 51.1 Å². The third kappa shape index (κ3) is 12.0. The number of hydrogen-bond donors (Lipinski definition) is 1. The molecule has 0 amide bonds. The Morgan fingerprint density at radius 3 is 1.78 bits per heavy atom. The summed E-state index contributed by atoms with van der Waals surface area (Å²) in [4.78, 5) is 12.2. The molecular weight excluding hydrogens is 782 g/mol. The van der Waals surface area contributed by atoms with E-state index < -0.39 is 55.5 Å². The molecule has 0 saturated carbocycles. The number of Topliss-reactive ketones (excluding diaryl/α,β-unsaturated/α-hetero) is 1. The Morgan fingerprint density at radius 1 is 0.741 bits per heavy atom. The van der Waals surface area contributed by atoms with Crippen LogP contribution in [0.2, 0.25) is 0 Å². The third-order valence-corrected chi connectivity index (χ3v) is 7.46. The molecular formula is C34H24ClF12NO6. The van der Waals surface area contributed by atoms with Gasteiger partial charge in [-0.05, 0) is 65.7 Å². The van der Waals surface area contributed by atoms with E-state index in [1.54, 1.807) is 0 Å². The molecule has 5 rings (SSSR count). The van der Waals surface area contributed by atoms with Gasteiger partial charge in [-0.3, -0.25) is 4.79 Å². The van der Waals surface area contributed by atoms with Gasteiger partial charge in [0.25, 0.3) is 0 Å². The topological polar surface area (TPSA) is 77.5 Å². The summed E-state index contributed by atoms with van der Waals surface area (Å²) < 4.78 is 168. The summed E-state index contributed by atoms with van der Waals surface area (Å²) in [7, 11) is 0. The standard InChI is InChI=1S/C25H18F9NO4.C9H6ClF3O2/c26-23(27,28)21(36)12-35-19-6-2-5-18(15-3-1-4-17(11-15)39-25(32,33)34)22(19)37-13-20(35)14-7-9-16(10-8-14)38-24(29,30)31;10-5-8(14)6-1-3-7(4-2-6)15-9(11,12)13/h1-11,20-21,36H,12-13H2;1-4H,5H2. The van der Waals surface area contributed by atoms with E-state index in [4.69, 9.17) is 16.3 Å². The third-order valence-electron chi connectivity index (χ3n) is 7.22. The van der Waals surface area contributed by atoms with Crippen molar-refractivity contribution in [1.29, 1.82) is 0 Å². The van der Waals surface area contributed by atoms with Crippen LogP contribution in [-0.4, -0.2) is 61.3 Å². The lowest BCUT2D eigenvalue weighted by Crippen LogP contribution is -2.46. The number of para-hydroxylation sites is 1. The van der Waals surface area contributed by atoms with Crippen LogP contribution in [-0.2, 0) is 0 Å². The van der Waals surface area contributed by atoms with Gasteiger partial charge >= 0.3 is 25.3 Å². The van der Waals surface area contributed by atoms with Crippen LogP contribution in [0, 0.1) is 0 Å². The van der Waals surface area contributed by atoms with E-state index >= 15 is 0 Å². The molecule has 1 aliphatic heterocycles. The van der Waals surface area contributed by atoms with E-state index in [1.165, 1.54) is 59.5 Å². The van der Waals surface area contributed by atoms with Crippen LogP contribution in [0.4, 0.5) is 58.4 Å². The van der Waals surface area contributed by atoms with Crippen molar-refractivity contribution in [2.24, 2.45) is 0 Å². The van der Waals surface area contributed by atoms with E-state index in [2.05, 4.69) is 14.2 Å². The van der Waals surface area contributed by atoms with Crippen LogP contribution in [0.5, 0.6) is 23.0 Å². The molecule has 0 aromatic heterocycles. The molecule has 1 aliphatic rings. The minimum Gasteiger partial charge on any atom is -0.488 e. The van der Waals surface area contributed by atoms with Crippen LogP contribution in [0.15, 0.2) is 91.0 Å². The first kappa shape index (κ1) is 41.7. The number of aliphatic hydroxyl groups is 1. The lowest BCUT2D eigenvalue weighted by Gasteiger charge is -2.40. The van der Waals surface area contributed by atoms with Gasteiger partial charge in [-0.1, -0.05) is 36.4 Å². The van der Waals surface area contributed by atoms with Crippen LogP contribution in [0.3, 0.4) is 0 Å². The number of β-amino-alcohol motifs (C(OH)–C–C–N with tert-alkyl or cyclic N) is 1. The summed E-state index contributed by atoms with van der Waals surface area (Å²) in [6.07, 6.45) is -22.4. The quantitative estimate of drug-likeness (QED) is 0.103. The maximum atomic E-state index is 13.3. The van der Waals surface area contributed by atoms with Crippen molar-refractivity contribution in [3.8, 4) is 34.1 Å². The van der Waals surface area contributed by atoms with Crippen LogP contribution in [0.1, 0.15) is 22.0 Å². The minimum atomic E-state index is -4.99. The molecule has 54 heavy (non-hydrogen) atoms. The van der Waals surface area contributed by atoms with E-state index in [0.717, 1.165) is 36.4 Å². The predicted molar refractivity (Wildman–Crippen MR) is 168 cm³/mol. The average Bonchev–Trinajstić information content (AvgIpc) is 3.06. The molecule has 0 fully saturated rings. The number of ketones is 1. The summed E-state index contributed by atoms with van der Waals surface area (Å²) in [5.74, 6) is -1.97. The van der Waals surface area contributed by atoms with Crippen molar-refractivity contribution in [2.75, 3.05) is 23.9 Å². The van der Waals surface area contributed by atoms with Crippen molar-refractivity contribution in [3.05, 3.63) is 102 Å². The van der Waals surface area contributed by atoms with Gasteiger partial charge in [-0.25, -0.2) is 0 Å². The molecule has 0 saturated heterocycles. The molecule has 4 aromatic carbocycles. The number of halogens is 13. The molecule has 0 radical (unpaired) electrons. The monoisotopic (exact) mass is 805 g/mol. The molecule has 0 aliphatic carbocycles. The number of ether oxygens (including phenoxy) is 4. The molecule has 1 N–H and O–H groups in total. The fraction of sp³-hybridized carbons (Fsp3) is 0.265. The first-order valence-electron chi connectivity index (χ1n) is 15.0. The van der Waals surface area contributed by atoms with Gasteiger partial charge in [0.2, 0.25) is 0 Å². The number of fused-ring (bicyclic) bond motifs is 1. The number of hydrogen-bond acceptors (Lipinski definition) is 7. The summed E-state index contributed by atoms with van der Waals surface area (Å²) in [6.45, 7) is -1.27. The van der Waals surface area contributed by atoms with Gasteiger partial charge in [-0.2, -0.15) is 13.2 Å². The highest BCUT2D eigenvalue weighted by atomic mass is 35.5. The number of benzene rings is 4. The van der Waals surface area contributed by atoms with Gasteiger partial charge in [0.1, 0.15) is 23.9 Å². The highest BCUT2D eigenvalue weighted by Crippen LogP contribution is 2.46. The number of anilines is 1. The highest BCUT2D eigenvalue weighted by Gasteiger charge is 2.42. The Kier molecular flexibility index (Phi) is 12.8. The molecule has 2 atom stereocenters. The molecule has 7 nitrogen and oxygen atoms in total. The fourth-order valence-electron chi connectivity index (χ4n) is 5.01. The lowest BCUT2D eigenvalue weighted by molar-refractivity contribution is -0.275. The Morgan fingerprint density at radius 2 is 1.26 bits per heavy atom. The van der Waals surface area contributed by atoms with Crippen LogP contribution in [0.25, 0.3) is 11.1 Å². The molecule has 1 heterocycles. The number of carbonyl (C=O) groups is 1. The molecule has 20 heteroatoms. The second-order valence-electron chi connectivity index (χ2n) is 11.0. The maximum Gasteiger partial charge on any atom is 0.573 e. The van der Waals surface area contributed by atoms with E-state index in [-0.39, 0.29) is 57.7 Å². The number of carbonyl (C=O) groups excluding carboxylic acids is 1. The number of nitrogens with zero attached hydrogens (tertiary/aromatic N) is 1. The van der Waals surface area contributed by atoms with E-state index in [9.17, 15) is 62.6 Å².